The van der Waals surface area contributed by atoms with E-state index in [4.69, 9.17) is 12.2 Å². The van der Waals surface area contributed by atoms with Crippen LogP contribution in [0.5, 0.6) is 0 Å². The number of carbonyl (C=O) groups excluding carboxylic acids is 1. The van der Waals surface area contributed by atoms with E-state index in [1.54, 1.807) is 6.07 Å². The van der Waals surface area contributed by atoms with E-state index in [0.717, 1.165) is 19.3 Å². The van der Waals surface area contributed by atoms with Crippen molar-refractivity contribution >= 4 is 23.2 Å². The smallest absolute Gasteiger partial charge is 0.239 e. The van der Waals surface area contributed by atoms with Crippen LogP contribution in [0, 0.1) is 11.7 Å². The Labute approximate surface area is 179 Å². The van der Waals surface area contributed by atoms with Crippen molar-refractivity contribution in [2.24, 2.45) is 5.92 Å². The molecule has 2 aliphatic rings. The highest BCUT2D eigenvalue weighted by molar-refractivity contribution is 7.80. The van der Waals surface area contributed by atoms with E-state index in [-0.39, 0.29) is 24.3 Å². The number of hydrogen-bond acceptors (Lipinski definition) is 2. The van der Waals surface area contributed by atoms with Crippen molar-refractivity contribution in [1.82, 2.24) is 15.5 Å². The largest absolute Gasteiger partial charge is 0.353 e. The second-order valence-corrected chi connectivity index (χ2v) is 8.99. The zero-order chi connectivity index (χ0) is 20.6. The lowest BCUT2D eigenvalue weighted by atomic mass is 9.86. The highest BCUT2D eigenvalue weighted by Gasteiger charge is 2.26. The van der Waals surface area contributed by atoms with Gasteiger partial charge in [-0.3, -0.25) is 4.79 Å². The van der Waals surface area contributed by atoms with E-state index >= 15 is 0 Å². The van der Waals surface area contributed by atoms with Gasteiger partial charge in [-0.05, 0) is 49.9 Å². The van der Waals surface area contributed by atoms with E-state index in [1.807, 2.05) is 12.1 Å². The summed E-state index contributed by atoms with van der Waals surface area (Å²) in [5.74, 6) is 0.306. The number of nitrogens with one attached hydrogen (secondary N) is 2. The van der Waals surface area contributed by atoms with Crippen LogP contribution in [0.4, 0.5) is 4.39 Å². The first-order valence-electron chi connectivity index (χ1n) is 11.1. The number of amides is 1. The molecule has 2 saturated carbocycles. The highest BCUT2D eigenvalue weighted by Crippen LogP contribution is 2.25. The molecule has 2 aliphatic carbocycles. The number of nitrogens with zero attached hydrogens (tertiary/aromatic N) is 1. The van der Waals surface area contributed by atoms with Gasteiger partial charge in [-0.2, -0.15) is 0 Å². The van der Waals surface area contributed by atoms with Crippen LogP contribution in [-0.4, -0.2) is 34.5 Å². The number of thiocarbonyl (C=S) groups is 1. The topological polar surface area (TPSA) is 44.4 Å². The van der Waals surface area contributed by atoms with Gasteiger partial charge in [-0.25, -0.2) is 4.39 Å². The zero-order valence-corrected chi connectivity index (χ0v) is 18.3. The van der Waals surface area contributed by atoms with Crippen LogP contribution in [0.25, 0.3) is 0 Å². The minimum Gasteiger partial charge on any atom is -0.353 e. The van der Waals surface area contributed by atoms with Crippen molar-refractivity contribution in [2.75, 3.05) is 6.54 Å². The first-order valence-corrected chi connectivity index (χ1v) is 11.5. The second-order valence-electron chi connectivity index (χ2n) is 8.61. The van der Waals surface area contributed by atoms with Crippen LogP contribution in [-0.2, 0) is 11.3 Å². The van der Waals surface area contributed by atoms with Gasteiger partial charge in [0.15, 0.2) is 5.11 Å². The number of rotatable bonds is 6. The van der Waals surface area contributed by atoms with Gasteiger partial charge < -0.3 is 15.5 Å². The Hall–Kier alpha value is -1.69. The molecule has 0 bridgehead atoms. The summed E-state index contributed by atoms with van der Waals surface area (Å²) in [4.78, 5) is 14.5. The Balaban J connectivity index is 1.58. The number of halogens is 1. The van der Waals surface area contributed by atoms with Gasteiger partial charge in [0.2, 0.25) is 5.91 Å². The summed E-state index contributed by atoms with van der Waals surface area (Å²) < 4.78 is 14.2. The van der Waals surface area contributed by atoms with Crippen molar-refractivity contribution < 1.29 is 9.18 Å². The second kappa shape index (κ2) is 10.9. The fourth-order valence-electron chi connectivity index (χ4n) is 4.62. The first kappa shape index (κ1) is 22.0. The molecule has 2 N–H and O–H groups in total. The maximum atomic E-state index is 14.2. The third-order valence-corrected chi connectivity index (χ3v) is 6.81. The molecule has 0 aliphatic heterocycles. The molecule has 160 valence electrons. The molecular formula is C23H34FN3OS. The molecular weight excluding hydrogens is 385 g/mol. The minimum absolute atomic E-state index is 0.0133. The van der Waals surface area contributed by atoms with E-state index in [0.29, 0.717) is 29.2 Å². The van der Waals surface area contributed by atoms with Crippen molar-refractivity contribution in [3.05, 3.63) is 35.6 Å². The third kappa shape index (κ3) is 6.39. The van der Waals surface area contributed by atoms with Gasteiger partial charge in [-0.15, -0.1) is 0 Å². The summed E-state index contributed by atoms with van der Waals surface area (Å²) in [6.07, 6.45) is 10.4. The number of benzene rings is 1. The van der Waals surface area contributed by atoms with E-state index in [2.05, 4.69) is 22.5 Å². The van der Waals surface area contributed by atoms with E-state index in [1.165, 1.54) is 44.6 Å². The van der Waals surface area contributed by atoms with Gasteiger partial charge in [0.05, 0.1) is 6.54 Å². The maximum Gasteiger partial charge on any atom is 0.239 e. The fourth-order valence-corrected chi connectivity index (χ4v) is 4.90. The Morgan fingerprint density at radius 3 is 2.52 bits per heavy atom. The Kier molecular flexibility index (Phi) is 8.28. The normalized spacial score (nSPS) is 22.7. The lowest BCUT2D eigenvalue weighted by Gasteiger charge is -2.36. The van der Waals surface area contributed by atoms with Gasteiger partial charge in [-0.1, -0.05) is 57.2 Å². The van der Waals surface area contributed by atoms with Crippen LogP contribution in [0.15, 0.2) is 24.3 Å². The zero-order valence-electron chi connectivity index (χ0n) is 17.5. The SMILES string of the molecule is C[C@H]1CCCC[C@H]1NC(=O)CNC(=S)N(Cc1ccccc1F)C1CCCCC1. The van der Waals surface area contributed by atoms with Gasteiger partial charge >= 0.3 is 0 Å². The van der Waals surface area contributed by atoms with E-state index in [9.17, 15) is 9.18 Å². The molecule has 3 rings (SSSR count). The quantitative estimate of drug-likeness (QED) is 0.665. The summed E-state index contributed by atoms with van der Waals surface area (Å²) in [7, 11) is 0. The van der Waals surface area contributed by atoms with Crippen LogP contribution in [0.2, 0.25) is 0 Å². The molecule has 0 radical (unpaired) electrons. The molecule has 2 fully saturated rings. The number of carbonyl (C=O) groups is 1. The first-order chi connectivity index (χ1) is 14.0. The minimum atomic E-state index is -0.208. The summed E-state index contributed by atoms with van der Waals surface area (Å²) in [6, 6.07) is 7.42. The third-order valence-electron chi connectivity index (χ3n) is 6.43. The summed E-state index contributed by atoms with van der Waals surface area (Å²) in [6.45, 7) is 2.81. The van der Waals surface area contributed by atoms with Crippen LogP contribution in [0.3, 0.4) is 0 Å². The van der Waals surface area contributed by atoms with Crippen molar-refractivity contribution in [2.45, 2.75) is 83.3 Å². The Morgan fingerprint density at radius 2 is 1.79 bits per heavy atom. The predicted molar refractivity (Wildman–Crippen MR) is 119 cm³/mol. The Bertz CT molecular complexity index is 692. The summed E-state index contributed by atoms with van der Waals surface area (Å²) in [5, 5.41) is 6.86. The summed E-state index contributed by atoms with van der Waals surface area (Å²) in [5.41, 5.74) is 0.641. The van der Waals surface area contributed by atoms with Crippen LogP contribution >= 0.6 is 12.2 Å². The molecule has 4 nitrogen and oxygen atoms in total. The lowest BCUT2D eigenvalue weighted by molar-refractivity contribution is -0.121. The van der Waals surface area contributed by atoms with Crippen LogP contribution < -0.4 is 10.6 Å². The molecule has 0 unspecified atom stereocenters. The van der Waals surface area contributed by atoms with Crippen molar-refractivity contribution in [3.63, 3.8) is 0 Å². The van der Waals surface area contributed by atoms with Crippen LogP contribution in [0.1, 0.15) is 70.3 Å². The molecule has 1 aromatic carbocycles. The van der Waals surface area contributed by atoms with Gasteiger partial charge in [0, 0.05) is 24.2 Å². The lowest BCUT2D eigenvalue weighted by Crippen LogP contribution is -2.50. The molecule has 0 heterocycles. The molecule has 29 heavy (non-hydrogen) atoms. The molecule has 2 atom stereocenters. The van der Waals surface area contributed by atoms with E-state index < -0.39 is 0 Å². The van der Waals surface area contributed by atoms with Crippen molar-refractivity contribution in [3.8, 4) is 0 Å². The highest BCUT2D eigenvalue weighted by atomic mass is 32.1. The summed E-state index contributed by atoms with van der Waals surface area (Å²) >= 11 is 5.66. The molecule has 0 aromatic heterocycles. The van der Waals surface area contributed by atoms with Crippen molar-refractivity contribution in [1.29, 1.82) is 0 Å². The molecule has 1 amide bonds. The monoisotopic (exact) mass is 419 g/mol. The molecule has 0 spiro atoms. The average molecular weight is 420 g/mol. The standard InChI is InChI=1S/C23H34FN3OS/c1-17-9-5-8-14-21(17)26-22(28)15-25-23(29)27(19-11-3-2-4-12-19)16-18-10-6-7-13-20(18)24/h6-7,10,13,17,19,21H,2-5,8-9,11-12,14-16H2,1H3,(H,25,29)(H,26,28)/t17-,21+/m0/s1. The Morgan fingerprint density at radius 1 is 1.10 bits per heavy atom. The predicted octanol–water partition coefficient (Wildman–Crippen LogP) is 4.53. The van der Waals surface area contributed by atoms with Gasteiger partial charge in [0.25, 0.3) is 0 Å². The maximum absolute atomic E-state index is 14.2. The number of hydrogen-bond donors (Lipinski definition) is 2. The molecule has 1 aromatic rings. The fraction of sp³-hybridized carbons (Fsp3) is 0.652. The molecule has 6 heteroatoms. The average Bonchev–Trinajstić information content (AvgIpc) is 2.74. The molecule has 0 saturated heterocycles. The van der Waals surface area contributed by atoms with Gasteiger partial charge in [0.1, 0.15) is 5.82 Å².